The fourth-order valence-corrected chi connectivity index (χ4v) is 2.91. The van der Waals surface area contributed by atoms with Crippen LogP contribution in [0.3, 0.4) is 0 Å². The molecule has 0 saturated carbocycles. The van der Waals surface area contributed by atoms with E-state index in [-0.39, 0.29) is 22.4 Å². The molecular weight excluding hydrogens is 363 g/mol. The zero-order chi connectivity index (χ0) is 18.1. The highest BCUT2D eigenvalue weighted by molar-refractivity contribution is 6.37. The van der Waals surface area contributed by atoms with Gasteiger partial charge in [-0.1, -0.05) is 35.3 Å². The molecule has 0 unspecified atom stereocenters. The van der Waals surface area contributed by atoms with E-state index in [4.69, 9.17) is 27.9 Å². The minimum atomic E-state index is -0.297. The lowest BCUT2D eigenvalue weighted by Gasteiger charge is -2.13. The molecule has 128 valence electrons. The first-order valence-corrected chi connectivity index (χ1v) is 8.10. The van der Waals surface area contributed by atoms with Gasteiger partial charge in [-0.3, -0.25) is 4.79 Å². The molecule has 3 rings (SSSR count). The highest BCUT2D eigenvalue weighted by atomic mass is 35.5. The number of methoxy groups -OCH3 is 1. The summed E-state index contributed by atoms with van der Waals surface area (Å²) in [5.41, 5.74) is 2.08. The Bertz CT molecular complexity index is 923. The highest BCUT2D eigenvalue weighted by Crippen LogP contribution is 2.36. The average Bonchev–Trinajstić information content (AvgIpc) is 2.86. The second kappa shape index (κ2) is 6.78. The van der Waals surface area contributed by atoms with Gasteiger partial charge in [-0.2, -0.15) is 10.1 Å². The van der Waals surface area contributed by atoms with Crippen molar-refractivity contribution < 1.29 is 14.6 Å². The predicted octanol–water partition coefficient (Wildman–Crippen LogP) is 4.51. The van der Waals surface area contributed by atoms with E-state index in [0.717, 1.165) is 0 Å². The summed E-state index contributed by atoms with van der Waals surface area (Å²) in [7, 11) is 1.43. The Morgan fingerprint density at radius 2 is 1.92 bits per heavy atom. The monoisotopic (exact) mass is 376 g/mol. The zero-order valence-electron chi connectivity index (χ0n) is 13.5. The maximum atomic E-state index is 12.8. The van der Waals surface area contributed by atoms with Crippen molar-refractivity contribution in [3.8, 4) is 11.5 Å². The third-order valence-corrected chi connectivity index (χ3v) is 4.33. The van der Waals surface area contributed by atoms with Crippen LogP contribution in [0.2, 0.25) is 10.0 Å². The van der Waals surface area contributed by atoms with E-state index in [1.54, 1.807) is 49.4 Å². The fraction of sp³-hybridized carbons (Fsp3) is 0.111. The standard InChI is InChI=1S/C18H14Cl2N2O3/c1-10-12(7-11-8-14(20)17(23)16(9-11)25-2)18(24)22(21-10)15-6-4-3-5-13(15)19/h3-9,23H,1-2H3. The lowest BCUT2D eigenvalue weighted by atomic mass is 10.1. The summed E-state index contributed by atoms with van der Waals surface area (Å²) in [6.45, 7) is 1.74. The highest BCUT2D eigenvalue weighted by Gasteiger charge is 2.29. The van der Waals surface area contributed by atoms with Gasteiger partial charge in [0.1, 0.15) is 0 Å². The molecule has 1 heterocycles. The summed E-state index contributed by atoms with van der Waals surface area (Å²) in [5, 5.41) is 15.9. The summed E-state index contributed by atoms with van der Waals surface area (Å²) >= 11 is 12.2. The molecule has 1 aliphatic heterocycles. The van der Waals surface area contributed by atoms with Gasteiger partial charge in [-0.05, 0) is 42.8 Å². The molecule has 0 spiro atoms. The molecule has 2 aromatic rings. The number of carbonyl (C=O) groups is 1. The zero-order valence-corrected chi connectivity index (χ0v) is 15.0. The van der Waals surface area contributed by atoms with Crippen LogP contribution in [0.25, 0.3) is 6.08 Å². The molecule has 7 heteroatoms. The minimum absolute atomic E-state index is 0.134. The number of halogens is 2. The number of rotatable bonds is 3. The Hall–Kier alpha value is -2.50. The number of ether oxygens (including phenoxy) is 1. The number of hydrogen-bond donors (Lipinski definition) is 1. The molecule has 1 aliphatic rings. The van der Waals surface area contributed by atoms with Gasteiger partial charge in [-0.25, -0.2) is 0 Å². The first-order chi connectivity index (χ1) is 11.9. The SMILES string of the molecule is COc1cc(C=C2C(=O)N(c3ccccc3Cl)N=C2C)cc(Cl)c1O. The lowest BCUT2D eigenvalue weighted by Crippen LogP contribution is -2.21. The Balaban J connectivity index is 2.01. The quantitative estimate of drug-likeness (QED) is 0.801. The Morgan fingerprint density at radius 1 is 1.20 bits per heavy atom. The van der Waals surface area contributed by atoms with Crippen molar-refractivity contribution >= 4 is 46.6 Å². The van der Waals surface area contributed by atoms with Crippen LogP contribution in [0.4, 0.5) is 5.69 Å². The summed E-state index contributed by atoms with van der Waals surface area (Å²) in [6.07, 6.45) is 1.64. The first kappa shape index (κ1) is 17.3. The second-order valence-electron chi connectivity index (χ2n) is 5.37. The van der Waals surface area contributed by atoms with Crippen molar-refractivity contribution in [3.05, 3.63) is 57.6 Å². The van der Waals surface area contributed by atoms with Gasteiger partial charge in [0, 0.05) is 0 Å². The molecule has 5 nitrogen and oxygen atoms in total. The molecule has 25 heavy (non-hydrogen) atoms. The predicted molar refractivity (Wildman–Crippen MR) is 99.7 cm³/mol. The van der Waals surface area contributed by atoms with E-state index in [1.807, 2.05) is 0 Å². The van der Waals surface area contributed by atoms with Crippen molar-refractivity contribution in [2.75, 3.05) is 12.1 Å². The largest absolute Gasteiger partial charge is 0.503 e. The molecule has 0 saturated heterocycles. The van der Waals surface area contributed by atoms with E-state index >= 15 is 0 Å². The minimum Gasteiger partial charge on any atom is -0.503 e. The van der Waals surface area contributed by atoms with Crippen LogP contribution >= 0.6 is 23.2 Å². The molecule has 0 fully saturated rings. The molecule has 0 atom stereocenters. The number of nitrogens with zero attached hydrogens (tertiary/aromatic N) is 2. The van der Waals surface area contributed by atoms with E-state index < -0.39 is 0 Å². The summed E-state index contributed by atoms with van der Waals surface area (Å²) in [6, 6.07) is 10.1. The third kappa shape index (κ3) is 3.21. The van der Waals surface area contributed by atoms with Crippen LogP contribution in [-0.4, -0.2) is 23.8 Å². The summed E-state index contributed by atoms with van der Waals surface area (Å²) in [5.74, 6) is -0.219. The topological polar surface area (TPSA) is 62.1 Å². The number of hydrazone groups is 1. The number of phenolic OH excluding ortho intramolecular Hbond substituents is 1. The maximum absolute atomic E-state index is 12.8. The fourth-order valence-electron chi connectivity index (χ4n) is 2.47. The van der Waals surface area contributed by atoms with Crippen molar-refractivity contribution in [2.45, 2.75) is 6.92 Å². The van der Waals surface area contributed by atoms with E-state index in [1.165, 1.54) is 12.1 Å². The molecule has 0 aromatic heterocycles. The molecular formula is C18H14Cl2N2O3. The smallest absolute Gasteiger partial charge is 0.280 e. The van der Waals surface area contributed by atoms with Crippen LogP contribution in [0.5, 0.6) is 11.5 Å². The van der Waals surface area contributed by atoms with Crippen molar-refractivity contribution in [3.63, 3.8) is 0 Å². The molecule has 1 N–H and O–H groups in total. The van der Waals surface area contributed by atoms with Gasteiger partial charge in [-0.15, -0.1) is 0 Å². The van der Waals surface area contributed by atoms with Gasteiger partial charge in [0.2, 0.25) is 0 Å². The van der Waals surface area contributed by atoms with Crippen LogP contribution in [0, 0.1) is 0 Å². The van der Waals surface area contributed by atoms with Gasteiger partial charge >= 0.3 is 0 Å². The van der Waals surface area contributed by atoms with E-state index in [0.29, 0.717) is 27.6 Å². The molecule has 0 radical (unpaired) electrons. The number of hydrogen-bond acceptors (Lipinski definition) is 4. The van der Waals surface area contributed by atoms with Gasteiger partial charge < -0.3 is 9.84 Å². The Morgan fingerprint density at radius 3 is 2.60 bits per heavy atom. The lowest BCUT2D eigenvalue weighted by molar-refractivity contribution is -0.114. The van der Waals surface area contributed by atoms with E-state index in [2.05, 4.69) is 5.10 Å². The van der Waals surface area contributed by atoms with Crippen LogP contribution in [0.15, 0.2) is 47.1 Å². The molecule has 0 aliphatic carbocycles. The molecule has 0 bridgehead atoms. The Labute approximate surface area is 154 Å². The number of carbonyl (C=O) groups excluding carboxylic acids is 1. The van der Waals surface area contributed by atoms with Crippen molar-refractivity contribution in [1.82, 2.24) is 0 Å². The van der Waals surface area contributed by atoms with Crippen LogP contribution in [0.1, 0.15) is 12.5 Å². The number of anilines is 1. The number of benzene rings is 2. The normalized spacial score (nSPS) is 15.7. The van der Waals surface area contributed by atoms with Crippen LogP contribution in [-0.2, 0) is 4.79 Å². The number of para-hydroxylation sites is 1. The van der Waals surface area contributed by atoms with Gasteiger partial charge in [0.15, 0.2) is 11.5 Å². The summed E-state index contributed by atoms with van der Waals surface area (Å²) in [4.78, 5) is 12.8. The van der Waals surface area contributed by atoms with E-state index in [9.17, 15) is 9.90 Å². The van der Waals surface area contributed by atoms with Crippen LogP contribution < -0.4 is 9.75 Å². The molecule has 2 aromatic carbocycles. The van der Waals surface area contributed by atoms with Crippen molar-refractivity contribution in [1.29, 1.82) is 0 Å². The number of phenols is 1. The van der Waals surface area contributed by atoms with Gasteiger partial charge in [0.25, 0.3) is 5.91 Å². The summed E-state index contributed by atoms with van der Waals surface area (Å²) < 4.78 is 5.08. The average molecular weight is 377 g/mol. The van der Waals surface area contributed by atoms with Crippen molar-refractivity contribution in [2.24, 2.45) is 5.10 Å². The third-order valence-electron chi connectivity index (χ3n) is 3.72. The maximum Gasteiger partial charge on any atom is 0.280 e. The number of aromatic hydroxyl groups is 1. The second-order valence-corrected chi connectivity index (χ2v) is 6.18. The Kier molecular flexibility index (Phi) is 4.70. The number of amides is 1. The van der Waals surface area contributed by atoms with Gasteiger partial charge in [0.05, 0.1) is 34.1 Å². The molecule has 1 amide bonds. The first-order valence-electron chi connectivity index (χ1n) is 7.35.